The number of methoxy groups -OCH3 is 1. The highest BCUT2D eigenvalue weighted by atomic mass is 16.5. The van der Waals surface area contributed by atoms with E-state index in [0.717, 1.165) is 0 Å². The lowest BCUT2D eigenvalue weighted by Gasteiger charge is -2.08. The maximum absolute atomic E-state index is 10.5. The van der Waals surface area contributed by atoms with Crippen molar-refractivity contribution in [3.8, 4) is 17.6 Å². The highest BCUT2D eigenvalue weighted by Crippen LogP contribution is 2.27. The fourth-order valence-electron chi connectivity index (χ4n) is 1.01. The van der Waals surface area contributed by atoms with Crippen molar-refractivity contribution in [2.24, 2.45) is 5.73 Å². The van der Waals surface area contributed by atoms with E-state index < -0.39 is 5.91 Å². The zero-order chi connectivity index (χ0) is 11.3. The molecule has 0 radical (unpaired) electrons. The molecule has 78 valence electrons. The Bertz CT molecular complexity index is 410. The number of nitrogens with two attached hydrogens (primary N) is 1. The summed E-state index contributed by atoms with van der Waals surface area (Å²) in [5.41, 5.74) is 5.39. The zero-order valence-electron chi connectivity index (χ0n) is 8.19. The summed E-state index contributed by atoms with van der Waals surface area (Å²) in [5, 5.41) is 8.65. The Labute approximate surface area is 87.0 Å². The highest BCUT2D eigenvalue weighted by molar-refractivity contribution is 5.75. The van der Waals surface area contributed by atoms with Crippen LogP contribution in [0.5, 0.6) is 11.5 Å². The quantitative estimate of drug-likeness (QED) is 0.774. The third-order valence-corrected chi connectivity index (χ3v) is 1.66. The van der Waals surface area contributed by atoms with Crippen LogP contribution in [0.1, 0.15) is 5.56 Å². The monoisotopic (exact) mass is 206 g/mol. The third kappa shape index (κ3) is 2.88. The minimum absolute atomic E-state index is 0.220. The summed E-state index contributed by atoms with van der Waals surface area (Å²) in [6, 6.07) is 6.61. The van der Waals surface area contributed by atoms with Gasteiger partial charge >= 0.3 is 0 Å². The molecule has 1 aromatic rings. The maximum Gasteiger partial charge on any atom is 0.255 e. The van der Waals surface area contributed by atoms with Crippen LogP contribution >= 0.6 is 0 Å². The highest BCUT2D eigenvalue weighted by Gasteiger charge is 2.06. The second-order valence-corrected chi connectivity index (χ2v) is 2.73. The lowest BCUT2D eigenvalue weighted by Crippen LogP contribution is -2.20. The van der Waals surface area contributed by atoms with Crippen molar-refractivity contribution >= 4 is 5.91 Å². The number of nitrogens with zero attached hydrogens (tertiary/aromatic N) is 1. The van der Waals surface area contributed by atoms with E-state index in [0.29, 0.717) is 17.1 Å². The van der Waals surface area contributed by atoms with E-state index in [4.69, 9.17) is 20.5 Å². The van der Waals surface area contributed by atoms with Gasteiger partial charge in [-0.25, -0.2) is 0 Å². The Morgan fingerprint density at radius 2 is 2.27 bits per heavy atom. The minimum Gasteiger partial charge on any atom is -0.493 e. The van der Waals surface area contributed by atoms with E-state index in [1.54, 1.807) is 12.1 Å². The first-order valence-corrected chi connectivity index (χ1v) is 4.16. The molecule has 0 atom stereocenters. The van der Waals surface area contributed by atoms with Crippen molar-refractivity contribution < 1.29 is 14.3 Å². The first kappa shape index (κ1) is 10.9. The van der Waals surface area contributed by atoms with Gasteiger partial charge in [0.1, 0.15) is 0 Å². The van der Waals surface area contributed by atoms with Gasteiger partial charge in [-0.3, -0.25) is 4.79 Å². The molecule has 0 saturated heterocycles. The minimum atomic E-state index is -0.568. The molecule has 0 heterocycles. The van der Waals surface area contributed by atoms with E-state index >= 15 is 0 Å². The normalized spacial score (nSPS) is 9.07. The number of amides is 1. The molecule has 0 fully saturated rings. The standard InChI is InChI=1S/C10H10N2O3/c1-14-9-4-7(5-11)2-3-8(9)15-6-10(12)13/h2-4H,6H2,1H3,(H2,12,13). The lowest BCUT2D eigenvalue weighted by atomic mass is 10.2. The average molecular weight is 206 g/mol. The summed E-state index contributed by atoms with van der Waals surface area (Å²) in [4.78, 5) is 10.5. The SMILES string of the molecule is COc1cc(C#N)ccc1OCC(N)=O. The zero-order valence-corrected chi connectivity index (χ0v) is 8.19. The Morgan fingerprint density at radius 1 is 1.53 bits per heavy atom. The van der Waals surface area contributed by atoms with E-state index in [2.05, 4.69) is 0 Å². The topological polar surface area (TPSA) is 85.3 Å². The second kappa shape index (κ2) is 4.86. The molecule has 0 saturated carbocycles. The van der Waals surface area contributed by atoms with Gasteiger partial charge < -0.3 is 15.2 Å². The molecule has 0 aliphatic heterocycles. The summed E-state index contributed by atoms with van der Waals surface area (Å²) in [6.07, 6.45) is 0. The van der Waals surface area contributed by atoms with Crippen LogP contribution in [0.15, 0.2) is 18.2 Å². The van der Waals surface area contributed by atoms with Gasteiger partial charge in [0.2, 0.25) is 0 Å². The molecule has 15 heavy (non-hydrogen) atoms. The van der Waals surface area contributed by atoms with Crippen molar-refractivity contribution in [3.05, 3.63) is 23.8 Å². The van der Waals surface area contributed by atoms with Gasteiger partial charge in [0, 0.05) is 6.07 Å². The van der Waals surface area contributed by atoms with Gasteiger partial charge in [-0.05, 0) is 12.1 Å². The number of carbonyl (C=O) groups excluding carboxylic acids is 1. The van der Waals surface area contributed by atoms with E-state index in [-0.39, 0.29) is 6.61 Å². The molecule has 0 unspecified atom stereocenters. The van der Waals surface area contributed by atoms with Gasteiger partial charge in [-0.15, -0.1) is 0 Å². The molecule has 0 aliphatic rings. The molecule has 2 N–H and O–H groups in total. The molecule has 0 aromatic heterocycles. The fourth-order valence-corrected chi connectivity index (χ4v) is 1.01. The number of primary amides is 1. The first-order chi connectivity index (χ1) is 7.17. The van der Waals surface area contributed by atoms with Crippen LogP contribution in [-0.4, -0.2) is 19.6 Å². The summed E-state index contributed by atoms with van der Waals surface area (Å²) >= 11 is 0. The molecule has 0 spiro atoms. The Hall–Kier alpha value is -2.22. The first-order valence-electron chi connectivity index (χ1n) is 4.16. The Morgan fingerprint density at radius 3 is 2.80 bits per heavy atom. The van der Waals surface area contributed by atoms with E-state index in [9.17, 15) is 4.79 Å². The number of ether oxygens (including phenoxy) is 2. The molecule has 5 heteroatoms. The molecule has 1 aromatic carbocycles. The van der Waals surface area contributed by atoms with Gasteiger partial charge in [0.25, 0.3) is 5.91 Å². The van der Waals surface area contributed by atoms with Gasteiger partial charge in [0.15, 0.2) is 18.1 Å². The summed E-state index contributed by atoms with van der Waals surface area (Å²) in [7, 11) is 1.45. The number of nitriles is 1. The smallest absolute Gasteiger partial charge is 0.255 e. The molecule has 0 aliphatic carbocycles. The third-order valence-electron chi connectivity index (χ3n) is 1.66. The van der Waals surface area contributed by atoms with Crippen LogP contribution in [0.4, 0.5) is 0 Å². The maximum atomic E-state index is 10.5. The van der Waals surface area contributed by atoms with Crippen LogP contribution in [0, 0.1) is 11.3 Å². The predicted molar refractivity (Wildman–Crippen MR) is 52.4 cm³/mol. The molecule has 1 amide bonds. The predicted octanol–water partition coefficient (Wildman–Crippen LogP) is 0.431. The van der Waals surface area contributed by atoms with Gasteiger partial charge in [0.05, 0.1) is 18.7 Å². The van der Waals surface area contributed by atoms with Crippen LogP contribution in [-0.2, 0) is 4.79 Å². The van der Waals surface area contributed by atoms with Crippen molar-refractivity contribution in [2.45, 2.75) is 0 Å². The van der Waals surface area contributed by atoms with Crippen LogP contribution in [0.3, 0.4) is 0 Å². The van der Waals surface area contributed by atoms with Crippen LogP contribution in [0.25, 0.3) is 0 Å². The Balaban J connectivity index is 2.88. The van der Waals surface area contributed by atoms with Crippen molar-refractivity contribution in [1.82, 2.24) is 0 Å². The fraction of sp³-hybridized carbons (Fsp3) is 0.200. The van der Waals surface area contributed by atoms with Crippen molar-refractivity contribution in [1.29, 1.82) is 5.26 Å². The van der Waals surface area contributed by atoms with Crippen molar-refractivity contribution in [3.63, 3.8) is 0 Å². The number of rotatable bonds is 4. The van der Waals surface area contributed by atoms with Crippen LogP contribution < -0.4 is 15.2 Å². The summed E-state index contributed by atoms with van der Waals surface area (Å²) in [5.74, 6) is 0.215. The van der Waals surface area contributed by atoms with Gasteiger partial charge in [-0.1, -0.05) is 0 Å². The van der Waals surface area contributed by atoms with E-state index in [1.165, 1.54) is 13.2 Å². The Kier molecular flexibility index (Phi) is 3.52. The lowest BCUT2D eigenvalue weighted by molar-refractivity contribution is -0.119. The number of benzene rings is 1. The summed E-state index contributed by atoms with van der Waals surface area (Å²) < 4.78 is 10.1. The van der Waals surface area contributed by atoms with Crippen molar-refractivity contribution in [2.75, 3.05) is 13.7 Å². The molecule has 1 rings (SSSR count). The largest absolute Gasteiger partial charge is 0.493 e. The number of hydrogen-bond donors (Lipinski definition) is 1. The molecule has 0 bridgehead atoms. The molecule has 5 nitrogen and oxygen atoms in total. The molecular weight excluding hydrogens is 196 g/mol. The average Bonchev–Trinajstić information content (AvgIpc) is 2.25. The molecular formula is C10H10N2O3. The summed E-state index contributed by atoms with van der Waals surface area (Å²) in [6.45, 7) is -0.220. The van der Waals surface area contributed by atoms with E-state index in [1.807, 2.05) is 6.07 Å². The number of hydrogen-bond acceptors (Lipinski definition) is 4. The van der Waals surface area contributed by atoms with Crippen LogP contribution in [0.2, 0.25) is 0 Å². The second-order valence-electron chi connectivity index (χ2n) is 2.73. The van der Waals surface area contributed by atoms with Gasteiger partial charge in [-0.2, -0.15) is 5.26 Å². The number of carbonyl (C=O) groups is 1.